The molecule has 1 aromatic heterocycles. The van der Waals surface area contributed by atoms with Crippen LogP contribution in [-0.4, -0.2) is 18.0 Å². The Labute approximate surface area is 72.5 Å². The lowest BCUT2D eigenvalue weighted by molar-refractivity contribution is 0.275. The summed E-state index contributed by atoms with van der Waals surface area (Å²) in [6.07, 6.45) is 0.131. The van der Waals surface area contributed by atoms with Gasteiger partial charge in [0.05, 0.1) is 11.8 Å². The molecule has 1 aliphatic rings. The molecule has 3 heteroatoms. The molecule has 0 atom stereocenters. The zero-order valence-electron chi connectivity index (χ0n) is 8.13. The van der Waals surface area contributed by atoms with Gasteiger partial charge in [0.15, 0.2) is 5.76 Å². The van der Waals surface area contributed by atoms with Crippen molar-refractivity contribution in [2.75, 3.05) is 6.61 Å². The van der Waals surface area contributed by atoms with Gasteiger partial charge in [-0.3, -0.25) is 0 Å². The zero-order valence-corrected chi connectivity index (χ0v) is 7.13. The molecule has 0 aliphatic carbocycles. The molecule has 12 heavy (non-hydrogen) atoms. The molecule has 1 aromatic rings. The number of hydrogen-bond donors (Lipinski definition) is 0. The minimum atomic E-state index is -0.176. The molecule has 0 N–H and O–H groups in total. The zero-order chi connectivity index (χ0) is 9.47. The van der Waals surface area contributed by atoms with Crippen LogP contribution in [0, 0.1) is 0 Å². The monoisotopic (exact) mass is 166 g/mol. The van der Waals surface area contributed by atoms with Gasteiger partial charge >= 0.3 is 0 Å². The summed E-state index contributed by atoms with van der Waals surface area (Å²) in [5.74, 6) is 1.04. The van der Waals surface area contributed by atoms with E-state index in [1.807, 2.05) is 13.8 Å². The van der Waals surface area contributed by atoms with Crippen LogP contribution in [0.25, 0.3) is 0 Å². The van der Waals surface area contributed by atoms with Gasteiger partial charge in [-0.15, -0.1) is 0 Å². The van der Waals surface area contributed by atoms with Crippen LogP contribution in [0.15, 0.2) is 27.8 Å². The normalized spacial score (nSPS) is 21.5. The first-order valence-electron chi connectivity index (χ1n) is 4.36. The molecule has 0 saturated heterocycles. The lowest BCUT2D eigenvalue weighted by Crippen LogP contribution is -2.17. The summed E-state index contributed by atoms with van der Waals surface area (Å²) in [5.41, 5.74) is -0.176. The lowest BCUT2D eigenvalue weighted by Gasteiger charge is -2.07. The van der Waals surface area contributed by atoms with Crippen molar-refractivity contribution in [1.29, 1.82) is 0 Å². The van der Waals surface area contributed by atoms with Gasteiger partial charge in [-0.05, 0) is 26.0 Å². The fourth-order valence-corrected chi connectivity index (χ4v) is 1.07. The fraction of sp³-hybridized carbons (Fsp3) is 0.444. The molecule has 1 aliphatic heterocycles. The fourth-order valence-electron chi connectivity index (χ4n) is 1.07. The predicted molar refractivity (Wildman–Crippen MR) is 45.3 cm³/mol. The Morgan fingerprint density at radius 1 is 1.67 bits per heavy atom. The molecule has 0 radical (unpaired) electrons. The van der Waals surface area contributed by atoms with Crippen LogP contribution < -0.4 is 0 Å². The van der Waals surface area contributed by atoms with Crippen molar-refractivity contribution < 1.29 is 10.5 Å². The summed E-state index contributed by atoms with van der Waals surface area (Å²) in [5, 5.41) is 0. The molecule has 0 fully saturated rings. The van der Waals surface area contributed by atoms with Gasteiger partial charge in [-0.1, -0.05) is 0 Å². The molecule has 2 heterocycles. The average Bonchev–Trinajstić information content (AvgIpc) is 2.56. The van der Waals surface area contributed by atoms with Crippen LogP contribution in [0.4, 0.5) is 0 Å². The van der Waals surface area contributed by atoms with Crippen molar-refractivity contribution in [3.05, 3.63) is 24.1 Å². The van der Waals surface area contributed by atoms with E-state index < -0.39 is 0 Å². The Hall–Kier alpha value is -1.25. The summed E-state index contributed by atoms with van der Waals surface area (Å²) in [6, 6.07) is 3.27. The van der Waals surface area contributed by atoms with E-state index in [1.54, 1.807) is 12.1 Å². The SMILES string of the molecule is [2H]c1ccc(C2=NC(C)(C)CO2)o1. The van der Waals surface area contributed by atoms with E-state index in [-0.39, 0.29) is 11.8 Å². The number of aliphatic imine (C=N–C) groups is 1. The van der Waals surface area contributed by atoms with Crippen LogP contribution >= 0.6 is 0 Å². The number of furan rings is 1. The predicted octanol–water partition coefficient (Wildman–Crippen LogP) is 1.83. The number of ether oxygens (including phenoxy) is 1. The minimum Gasteiger partial charge on any atom is -0.473 e. The number of rotatable bonds is 1. The number of nitrogens with zero attached hydrogens (tertiary/aromatic N) is 1. The van der Waals surface area contributed by atoms with Gasteiger partial charge in [-0.25, -0.2) is 4.99 Å². The van der Waals surface area contributed by atoms with E-state index in [0.717, 1.165) is 0 Å². The first-order chi connectivity index (χ1) is 6.07. The second-order valence-electron chi connectivity index (χ2n) is 3.44. The summed E-state index contributed by atoms with van der Waals surface area (Å²) in [6.45, 7) is 4.55. The molecule has 0 bridgehead atoms. The summed E-state index contributed by atoms with van der Waals surface area (Å²) < 4.78 is 17.6. The maximum absolute atomic E-state index is 7.20. The number of hydrogen-bond acceptors (Lipinski definition) is 3. The third kappa shape index (κ3) is 1.22. The quantitative estimate of drug-likeness (QED) is 0.638. The first kappa shape index (κ1) is 6.29. The van der Waals surface area contributed by atoms with E-state index in [4.69, 9.17) is 10.5 Å². The van der Waals surface area contributed by atoms with Gasteiger partial charge in [0, 0.05) is 0 Å². The highest BCUT2D eigenvalue weighted by Gasteiger charge is 2.27. The van der Waals surface area contributed by atoms with E-state index in [9.17, 15) is 0 Å². The van der Waals surface area contributed by atoms with Crippen molar-refractivity contribution in [1.82, 2.24) is 0 Å². The van der Waals surface area contributed by atoms with Gasteiger partial charge < -0.3 is 9.15 Å². The molecule has 0 aromatic carbocycles. The molecule has 64 valence electrons. The molecule has 3 nitrogen and oxygen atoms in total. The molecule has 0 saturated carbocycles. The lowest BCUT2D eigenvalue weighted by atomic mass is 10.1. The second kappa shape index (κ2) is 2.37. The highest BCUT2D eigenvalue weighted by Crippen LogP contribution is 2.20. The summed E-state index contributed by atoms with van der Waals surface area (Å²) in [4.78, 5) is 4.32. The van der Waals surface area contributed by atoms with Crippen LogP contribution in [0.1, 0.15) is 21.0 Å². The van der Waals surface area contributed by atoms with Crippen molar-refractivity contribution in [2.24, 2.45) is 4.99 Å². The van der Waals surface area contributed by atoms with E-state index >= 15 is 0 Å². The van der Waals surface area contributed by atoms with Gasteiger partial charge in [0.1, 0.15) is 7.98 Å². The Morgan fingerprint density at radius 3 is 3.00 bits per heavy atom. The Kier molecular flexibility index (Phi) is 1.24. The van der Waals surface area contributed by atoms with Gasteiger partial charge in [0.2, 0.25) is 0 Å². The third-order valence-electron chi connectivity index (χ3n) is 1.65. The van der Waals surface area contributed by atoms with Crippen molar-refractivity contribution in [3.63, 3.8) is 0 Å². The van der Waals surface area contributed by atoms with Gasteiger partial charge in [0.25, 0.3) is 5.90 Å². The van der Waals surface area contributed by atoms with Crippen LogP contribution in [-0.2, 0) is 4.74 Å². The third-order valence-corrected chi connectivity index (χ3v) is 1.65. The van der Waals surface area contributed by atoms with Crippen LogP contribution in [0.5, 0.6) is 0 Å². The topological polar surface area (TPSA) is 34.7 Å². The smallest absolute Gasteiger partial charge is 0.253 e. The molecule has 0 unspecified atom stereocenters. The molecule has 0 amide bonds. The standard InChI is InChI=1S/C9H11NO2/c1-9(2)6-12-8(10-9)7-4-3-5-11-7/h3-5H,6H2,1-2H3/i5D. The summed E-state index contributed by atoms with van der Waals surface area (Å²) >= 11 is 0. The van der Waals surface area contributed by atoms with E-state index in [0.29, 0.717) is 18.3 Å². The van der Waals surface area contributed by atoms with E-state index in [2.05, 4.69) is 4.99 Å². The molecule has 0 spiro atoms. The highest BCUT2D eigenvalue weighted by molar-refractivity contribution is 5.92. The largest absolute Gasteiger partial charge is 0.473 e. The van der Waals surface area contributed by atoms with Crippen molar-refractivity contribution >= 4 is 5.90 Å². The van der Waals surface area contributed by atoms with Crippen molar-refractivity contribution in [3.8, 4) is 0 Å². The molecule has 2 rings (SSSR count). The Morgan fingerprint density at radius 2 is 2.50 bits per heavy atom. The van der Waals surface area contributed by atoms with Crippen LogP contribution in [0.2, 0.25) is 0 Å². The van der Waals surface area contributed by atoms with E-state index in [1.165, 1.54) is 0 Å². The molecular weight excluding hydrogens is 154 g/mol. The first-order valence-corrected chi connectivity index (χ1v) is 3.86. The maximum Gasteiger partial charge on any atom is 0.253 e. The second-order valence-corrected chi connectivity index (χ2v) is 3.44. The minimum absolute atomic E-state index is 0.131. The van der Waals surface area contributed by atoms with Crippen molar-refractivity contribution in [2.45, 2.75) is 19.4 Å². The summed E-state index contributed by atoms with van der Waals surface area (Å²) in [7, 11) is 0. The Bertz CT molecular complexity index is 354. The Balaban J connectivity index is 2.29. The average molecular weight is 166 g/mol. The molecular formula is C9H11NO2. The maximum atomic E-state index is 7.20. The highest BCUT2D eigenvalue weighted by atomic mass is 16.5. The van der Waals surface area contributed by atoms with Crippen LogP contribution in [0.3, 0.4) is 0 Å². The van der Waals surface area contributed by atoms with Gasteiger partial charge in [-0.2, -0.15) is 0 Å².